The van der Waals surface area contributed by atoms with E-state index in [4.69, 9.17) is 4.98 Å². The van der Waals surface area contributed by atoms with Crippen LogP contribution in [-0.4, -0.2) is 61.1 Å². The SMILES string of the molecule is CN1CCc2nc(N3CCN(CC4CCCCC4)CC3)sc2C1. The van der Waals surface area contributed by atoms with Gasteiger partial charge >= 0.3 is 0 Å². The molecule has 1 aliphatic carbocycles. The number of nitrogens with zero attached hydrogens (tertiary/aromatic N) is 4. The standard InChI is InChI=1S/C18H30N4S/c1-20-8-7-16-17(14-20)23-18(19-16)22-11-9-21(10-12-22)13-15-5-3-2-4-6-15/h15H,2-14H2,1H3. The summed E-state index contributed by atoms with van der Waals surface area (Å²) in [7, 11) is 2.21. The average Bonchev–Trinajstić information content (AvgIpc) is 2.99. The Kier molecular flexibility index (Phi) is 4.88. The Balaban J connectivity index is 1.31. The van der Waals surface area contributed by atoms with Gasteiger partial charge in [0.1, 0.15) is 0 Å². The molecule has 1 aromatic rings. The van der Waals surface area contributed by atoms with Gasteiger partial charge in [-0.25, -0.2) is 4.98 Å². The fourth-order valence-electron chi connectivity index (χ4n) is 4.30. The molecule has 0 unspecified atom stereocenters. The maximum atomic E-state index is 4.95. The molecule has 3 heterocycles. The second-order valence-electron chi connectivity index (χ2n) is 7.65. The molecule has 0 aromatic carbocycles. The minimum Gasteiger partial charge on any atom is -0.346 e. The number of hydrogen-bond donors (Lipinski definition) is 0. The predicted molar refractivity (Wildman–Crippen MR) is 97.4 cm³/mol. The summed E-state index contributed by atoms with van der Waals surface area (Å²) >= 11 is 1.94. The normalized spacial score (nSPS) is 24.8. The summed E-state index contributed by atoms with van der Waals surface area (Å²) in [6.07, 6.45) is 8.45. The lowest BCUT2D eigenvalue weighted by Gasteiger charge is -2.37. The van der Waals surface area contributed by atoms with Crippen LogP contribution in [0.5, 0.6) is 0 Å². The van der Waals surface area contributed by atoms with Crippen LogP contribution in [0.4, 0.5) is 5.13 Å². The number of anilines is 1. The number of piperazine rings is 1. The van der Waals surface area contributed by atoms with Gasteiger partial charge in [0.25, 0.3) is 0 Å². The maximum Gasteiger partial charge on any atom is 0.185 e. The highest BCUT2D eigenvalue weighted by Crippen LogP contribution is 2.31. The Labute approximate surface area is 144 Å². The smallest absolute Gasteiger partial charge is 0.185 e. The van der Waals surface area contributed by atoms with Crippen molar-refractivity contribution in [3.05, 3.63) is 10.6 Å². The fourth-order valence-corrected chi connectivity index (χ4v) is 5.54. The van der Waals surface area contributed by atoms with Crippen LogP contribution in [-0.2, 0) is 13.0 Å². The first kappa shape index (κ1) is 15.9. The van der Waals surface area contributed by atoms with Gasteiger partial charge in [-0.2, -0.15) is 0 Å². The van der Waals surface area contributed by atoms with E-state index in [0.29, 0.717) is 0 Å². The third-order valence-electron chi connectivity index (χ3n) is 5.79. The molecule has 128 valence electrons. The molecule has 2 aliphatic heterocycles. The van der Waals surface area contributed by atoms with Crippen LogP contribution in [0.2, 0.25) is 0 Å². The molecule has 0 N–H and O–H groups in total. The number of aromatic nitrogens is 1. The lowest BCUT2D eigenvalue weighted by Crippen LogP contribution is -2.48. The summed E-state index contributed by atoms with van der Waals surface area (Å²) in [6.45, 7) is 8.36. The third-order valence-corrected chi connectivity index (χ3v) is 6.94. The van der Waals surface area contributed by atoms with Crippen molar-refractivity contribution in [2.24, 2.45) is 5.92 Å². The lowest BCUT2D eigenvalue weighted by atomic mass is 9.89. The molecule has 1 saturated heterocycles. The van der Waals surface area contributed by atoms with Crippen molar-refractivity contribution in [3.8, 4) is 0 Å². The van der Waals surface area contributed by atoms with Crippen molar-refractivity contribution in [2.75, 3.05) is 51.2 Å². The van der Waals surface area contributed by atoms with Gasteiger partial charge in [-0.1, -0.05) is 19.3 Å². The molecular weight excluding hydrogens is 304 g/mol. The topological polar surface area (TPSA) is 22.6 Å². The van der Waals surface area contributed by atoms with Crippen molar-refractivity contribution in [1.29, 1.82) is 0 Å². The van der Waals surface area contributed by atoms with Gasteiger partial charge in [-0.3, -0.25) is 4.90 Å². The number of hydrogen-bond acceptors (Lipinski definition) is 5. The largest absolute Gasteiger partial charge is 0.346 e. The van der Waals surface area contributed by atoms with Crippen molar-refractivity contribution in [3.63, 3.8) is 0 Å². The molecule has 0 spiro atoms. The van der Waals surface area contributed by atoms with Gasteiger partial charge in [-0.05, 0) is 25.8 Å². The lowest BCUT2D eigenvalue weighted by molar-refractivity contribution is 0.192. The molecule has 3 aliphatic rings. The van der Waals surface area contributed by atoms with E-state index in [2.05, 4.69) is 21.7 Å². The van der Waals surface area contributed by atoms with E-state index in [1.165, 1.54) is 67.4 Å². The molecule has 5 heteroatoms. The highest BCUT2D eigenvalue weighted by molar-refractivity contribution is 7.15. The molecule has 0 radical (unpaired) electrons. The number of fused-ring (bicyclic) bond motifs is 1. The molecule has 0 amide bonds. The Hall–Kier alpha value is -0.650. The Morgan fingerprint density at radius 1 is 1.04 bits per heavy atom. The van der Waals surface area contributed by atoms with Gasteiger partial charge in [-0.15, -0.1) is 11.3 Å². The van der Waals surface area contributed by atoms with Gasteiger partial charge in [0.05, 0.1) is 5.69 Å². The third kappa shape index (κ3) is 3.72. The Morgan fingerprint density at radius 2 is 1.83 bits per heavy atom. The van der Waals surface area contributed by atoms with Crippen LogP contribution < -0.4 is 4.90 Å². The highest BCUT2D eigenvalue weighted by atomic mass is 32.1. The first-order valence-electron chi connectivity index (χ1n) is 9.42. The molecule has 23 heavy (non-hydrogen) atoms. The second kappa shape index (κ2) is 7.08. The number of likely N-dealkylation sites (N-methyl/N-ethyl adjacent to an activating group) is 1. The van der Waals surface area contributed by atoms with E-state index in [1.807, 2.05) is 11.3 Å². The minimum atomic E-state index is 0.970. The maximum absolute atomic E-state index is 4.95. The molecule has 1 aromatic heterocycles. The summed E-state index contributed by atoms with van der Waals surface area (Å²) in [5.41, 5.74) is 1.37. The van der Waals surface area contributed by atoms with Crippen LogP contribution in [0.3, 0.4) is 0 Å². The first-order valence-corrected chi connectivity index (χ1v) is 10.2. The molecule has 2 fully saturated rings. The molecule has 4 nitrogen and oxygen atoms in total. The second-order valence-corrected chi connectivity index (χ2v) is 8.71. The predicted octanol–water partition coefficient (Wildman–Crippen LogP) is 2.83. The quantitative estimate of drug-likeness (QED) is 0.848. The van der Waals surface area contributed by atoms with Crippen molar-refractivity contribution < 1.29 is 0 Å². The number of rotatable bonds is 3. The Bertz CT molecular complexity index is 515. The van der Waals surface area contributed by atoms with Gasteiger partial charge in [0, 0.05) is 57.1 Å². The summed E-state index contributed by atoms with van der Waals surface area (Å²) in [5, 5.41) is 1.28. The van der Waals surface area contributed by atoms with Gasteiger partial charge in [0.15, 0.2) is 5.13 Å². The summed E-state index contributed by atoms with van der Waals surface area (Å²) in [6, 6.07) is 0. The van der Waals surface area contributed by atoms with Crippen LogP contribution in [0.1, 0.15) is 42.7 Å². The molecule has 0 atom stereocenters. The summed E-state index contributed by atoms with van der Waals surface area (Å²) in [4.78, 5) is 14.1. The van der Waals surface area contributed by atoms with Crippen molar-refractivity contribution >= 4 is 16.5 Å². The summed E-state index contributed by atoms with van der Waals surface area (Å²) in [5.74, 6) is 0.970. The van der Waals surface area contributed by atoms with Gasteiger partial charge in [0.2, 0.25) is 0 Å². The van der Waals surface area contributed by atoms with E-state index >= 15 is 0 Å². The van der Waals surface area contributed by atoms with E-state index in [9.17, 15) is 0 Å². The zero-order valence-electron chi connectivity index (χ0n) is 14.5. The first-order chi connectivity index (χ1) is 11.3. The minimum absolute atomic E-state index is 0.970. The van der Waals surface area contributed by atoms with Crippen LogP contribution in [0, 0.1) is 5.92 Å². The van der Waals surface area contributed by atoms with E-state index in [0.717, 1.165) is 38.5 Å². The van der Waals surface area contributed by atoms with E-state index in [-0.39, 0.29) is 0 Å². The molecule has 4 rings (SSSR count). The van der Waals surface area contributed by atoms with Crippen LogP contribution in [0.15, 0.2) is 0 Å². The molecule has 1 saturated carbocycles. The van der Waals surface area contributed by atoms with Crippen LogP contribution in [0.25, 0.3) is 0 Å². The van der Waals surface area contributed by atoms with E-state index < -0.39 is 0 Å². The monoisotopic (exact) mass is 334 g/mol. The van der Waals surface area contributed by atoms with E-state index in [1.54, 1.807) is 0 Å². The summed E-state index contributed by atoms with van der Waals surface area (Å²) < 4.78 is 0. The highest BCUT2D eigenvalue weighted by Gasteiger charge is 2.25. The zero-order valence-corrected chi connectivity index (χ0v) is 15.3. The van der Waals surface area contributed by atoms with Gasteiger partial charge < -0.3 is 9.80 Å². The Morgan fingerprint density at radius 3 is 2.61 bits per heavy atom. The van der Waals surface area contributed by atoms with Crippen LogP contribution >= 0.6 is 11.3 Å². The molecular formula is C18H30N4S. The fraction of sp³-hybridized carbons (Fsp3) is 0.833. The van der Waals surface area contributed by atoms with Crippen molar-refractivity contribution in [1.82, 2.24) is 14.8 Å². The zero-order chi connectivity index (χ0) is 15.6. The number of thiazole rings is 1. The molecule has 0 bridgehead atoms. The van der Waals surface area contributed by atoms with Crippen molar-refractivity contribution in [2.45, 2.75) is 45.1 Å². The average molecular weight is 335 g/mol.